The summed E-state index contributed by atoms with van der Waals surface area (Å²) in [5.41, 5.74) is 0. The minimum atomic E-state index is -4.67. The number of piperidine rings is 1. The van der Waals surface area contributed by atoms with Crippen molar-refractivity contribution in [2.24, 2.45) is 5.92 Å². The first-order valence-electron chi connectivity index (χ1n) is 5.28. The molecule has 0 aromatic carbocycles. The smallest absolute Gasteiger partial charge is 0.314 e. The lowest BCUT2D eigenvalue weighted by atomic mass is 9.85. The number of hydrogen-bond acceptors (Lipinski definition) is 2. The van der Waals surface area contributed by atoms with Crippen molar-refractivity contribution in [3.8, 4) is 0 Å². The Bertz CT molecular complexity index is 227. The molecule has 2 unspecified atom stereocenters. The monoisotopic (exact) mass is 223 g/mol. The Labute approximate surface area is 87.2 Å². The van der Waals surface area contributed by atoms with Crippen LogP contribution in [0.2, 0.25) is 0 Å². The fraction of sp³-hybridized carbons (Fsp3) is 0.900. The normalized spacial score (nSPS) is 27.7. The molecule has 0 aliphatic carbocycles. The fourth-order valence-corrected chi connectivity index (χ4v) is 2.10. The number of ketones is 1. The summed E-state index contributed by atoms with van der Waals surface area (Å²) >= 11 is 0. The average Bonchev–Trinajstić information content (AvgIpc) is 2.17. The molecule has 0 amide bonds. The average molecular weight is 223 g/mol. The predicted molar refractivity (Wildman–Crippen MR) is 50.5 cm³/mol. The number of nitrogens with one attached hydrogen (secondary N) is 1. The molecule has 1 heterocycles. The van der Waals surface area contributed by atoms with Crippen molar-refractivity contribution in [3.05, 3.63) is 0 Å². The van der Waals surface area contributed by atoms with E-state index in [0.29, 0.717) is 6.42 Å². The van der Waals surface area contributed by atoms with Crippen LogP contribution in [-0.2, 0) is 4.79 Å². The zero-order valence-corrected chi connectivity index (χ0v) is 8.73. The number of hydrogen-bond donors (Lipinski definition) is 1. The zero-order chi connectivity index (χ0) is 11.5. The first-order valence-corrected chi connectivity index (χ1v) is 5.28. The van der Waals surface area contributed by atoms with Crippen LogP contribution in [-0.4, -0.2) is 24.5 Å². The molecule has 5 heteroatoms. The summed E-state index contributed by atoms with van der Waals surface area (Å²) in [4.78, 5) is 10.8. The van der Waals surface area contributed by atoms with Crippen LogP contribution in [0.4, 0.5) is 13.2 Å². The number of rotatable bonds is 3. The van der Waals surface area contributed by atoms with Gasteiger partial charge in [0.05, 0.1) is 0 Å². The van der Waals surface area contributed by atoms with E-state index in [1.807, 2.05) is 6.92 Å². The Hall–Kier alpha value is -0.580. The topological polar surface area (TPSA) is 29.1 Å². The predicted octanol–water partition coefficient (Wildman–Crippen LogP) is 2.29. The molecular weight excluding hydrogens is 207 g/mol. The molecule has 1 rings (SSSR count). The molecule has 0 radical (unpaired) electrons. The van der Waals surface area contributed by atoms with E-state index in [1.54, 1.807) is 0 Å². The van der Waals surface area contributed by atoms with E-state index in [9.17, 15) is 18.0 Å². The van der Waals surface area contributed by atoms with Gasteiger partial charge in [0, 0.05) is 12.5 Å². The maximum Gasteiger partial charge on any atom is 0.449 e. The summed E-state index contributed by atoms with van der Waals surface area (Å²) < 4.78 is 36.2. The molecule has 1 N–H and O–H groups in total. The van der Waals surface area contributed by atoms with Gasteiger partial charge in [0.15, 0.2) is 0 Å². The number of Topliss-reactive ketones (excluding diaryl/α,β-unsaturated/α-hetero) is 1. The van der Waals surface area contributed by atoms with E-state index >= 15 is 0 Å². The molecule has 0 bridgehead atoms. The Balaban J connectivity index is 2.52. The molecule has 1 fully saturated rings. The molecule has 0 saturated carbocycles. The van der Waals surface area contributed by atoms with E-state index in [2.05, 4.69) is 5.32 Å². The summed E-state index contributed by atoms with van der Waals surface area (Å²) in [6.45, 7) is 2.77. The lowest BCUT2D eigenvalue weighted by Gasteiger charge is -2.31. The zero-order valence-electron chi connectivity index (χ0n) is 8.73. The number of alkyl halides is 3. The van der Waals surface area contributed by atoms with Crippen LogP contribution in [0.15, 0.2) is 0 Å². The van der Waals surface area contributed by atoms with Crippen LogP contribution in [0.1, 0.15) is 32.6 Å². The van der Waals surface area contributed by atoms with Crippen molar-refractivity contribution in [2.45, 2.75) is 44.8 Å². The largest absolute Gasteiger partial charge is 0.449 e. The fourth-order valence-electron chi connectivity index (χ4n) is 2.10. The molecule has 1 aliphatic rings. The van der Waals surface area contributed by atoms with Gasteiger partial charge in [-0.15, -0.1) is 0 Å². The third-order valence-corrected chi connectivity index (χ3v) is 2.93. The lowest BCUT2D eigenvalue weighted by Crippen LogP contribution is -2.42. The number of carbonyl (C=O) groups excluding carboxylic acids is 1. The van der Waals surface area contributed by atoms with Crippen LogP contribution >= 0.6 is 0 Å². The van der Waals surface area contributed by atoms with Gasteiger partial charge in [-0.3, -0.25) is 4.79 Å². The van der Waals surface area contributed by atoms with Crippen molar-refractivity contribution in [2.75, 3.05) is 6.54 Å². The van der Waals surface area contributed by atoms with Gasteiger partial charge in [-0.1, -0.05) is 6.92 Å². The van der Waals surface area contributed by atoms with Crippen LogP contribution in [0, 0.1) is 5.92 Å². The summed E-state index contributed by atoms with van der Waals surface area (Å²) in [5, 5.41) is 3.16. The Morgan fingerprint density at radius 3 is 2.67 bits per heavy atom. The molecule has 1 saturated heterocycles. The second kappa shape index (κ2) is 4.96. The Kier molecular flexibility index (Phi) is 4.13. The van der Waals surface area contributed by atoms with E-state index in [-0.39, 0.29) is 18.4 Å². The first kappa shape index (κ1) is 12.5. The summed E-state index contributed by atoms with van der Waals surface area (Å²) in [7, 11) is 0. The van der Waals surface area contributed by atoms with Crippen molar-refractivity contribution in [3.63, 3.8) is 0 Å². The molecule has 88 valence electrons. The van der Waals surface area contributed by atoms with Gasteiger partial charge in [-0.05, 0) is 31.7 Å². The van der Waals surface area contributed by atoms with Crippen LogP contribution < -0.4 is 5.32 Å². The van der Waals surface area contributed by atoms with Crippen LogP contribution in [0.3, 0.4) is 0 Å². The molecule has 1 aliphatic heterocycles. The van der Waals surface area contributed by atoms with Crippen molar-refractivity contribution in [1.29, 1.82) is 0 Å². The van der Waals surface area contributed by atoms with Gasteiger partial charge in [0.25, 0.3) is 0 Å². The van der Waals surface area contributed by atoms with E-state index < -0.39 is 12.0 Å². The van der Waals surface area contributed by atoms with Gasteiger partial charge in [0.2, 0.25) is 5.78 Å². The minimum absolute atomic E-state index is 0.0602. The third kappa shape index (κ3) is 3.48. The maximum atomic E-state index is 12.1. The highest BCUT2D eigenvalue weighted by Crippen LogP contribution is 2.27. The highest BCUT2D eigenvalue weighted by Gasteiger charge is 2.40. The van der Waals surface area contributed by atoms with E-state index in [0.717, 1.165) is 19.4 Å². The molecule has 2 nitrogen and oxygen atoms in total. The Morgan fingerprint density at radius 1 is 1.47 bits per heavy atom. The quantitative estimate of drug-likeness (QED) is 0.795. The maximum absolute atomic E-state index is 12.1. The van der Waals surface area contributed by atoms with Gasteiger partial charge >= 0.3 is 6.18 Å². The molecule has 15 heavy (non-hydrogen) atoms. The summed E-state index contributed by atoms with van der Waals surface area (Å²) in [6.07, 6.45) is -2.69. The van der Waals surface area contributed by atoms with Crippen molar-refractivity contribution >= 4 is 5.78 Å². The molecule has 2 atom stereocenters. The molecule has 0 aromatic heterocycles. The number of halogens is 3. The van der Waals surface area contributed by atoms with Gasteiger partial charge < -0.3 is 5.32 Å². The van der Waals surface area contributed by atoms with Gasteiger partial charge in [0.1, 0.15) is 0 Å². The van der Waals surface area contributed by atoms with Crippen molar-refractivity contribution < 1.29 is 18.0 Å². The number of carbonyl (C=O) groups is 1. The first-order chi connectivity index (χ1) is 6.95. The Morgan fingerprint density at radius 2 is 2.13 bits per heavy atom. The van der Waals surface area contributed by atoms with Crippen LogP contribution in [0.25, 0.3) is 0 Å². The standard InChI is InChI=1S/C10H16F3NO/c1-2-8-7(4-3-5-14-8)6-9(15)10(11,12)13/h7-8,14H,2-6H2,1H3. The van der Waals surface area contributed by atoms with Gasteiger partial charge in [-0.25, -0.2) is 0 Å². The molecule has 0 aromatic rings. The summed E-state index contributed by atoms with van der Waals surface area (Å²) in [5.74, 6) is -1.74. The third-order valence-electron chi connectivity index (χ3n) is 2.93. The van der Waals surface area contributed by atoms with Gasteiger partial charge in [-0.2, -0.15) is 13.2 Å². The lowest BCUT2D eigenvalue weighted by molar-refractivity contribution is -0.172. The van der Waals surface area contributed by atoms with E-state index in [4.69, 9.17) is 0 Å². The minimum Gasteiger partial charge on any atom is -0.314 e. The SMILES string of the molecule is CCC1NCCCC1CC(=O)C(F)(F)F. The summed E-state index contributed by atoms with van der Waals surface area (Å²) in [6, 6.07) is 0.0602. The molecule has 0 spiro atoms. The van der Waals surface area contributed by atoms with E-state index in [1.165, 1.54) is 0 Å². The van der Waals surface area contributed by atoms with Crippen LogP contribution in [0.5, 0.6) is 0 Å². The molecular formula is C10H16F3NO. The highest BCUT2D eigenvalue weighted by molar-refractivity contribution is 5.84. The second-order valence-corrected chi connectivity index (χ2v) is 4.00. The van der Waals surface area contributed by atoms with Crippen molar-refractivity contribution in [1.82, 2.24) is 5.32 Å². The second-order valence-electron chi connectivity index (χ2n) is 4.00. The highest BCUT2D eigenvalue weighted by atomic mass is 19.4.